The number of fused-ring (bicyclic) bond motifs is 2. The first-order chi connectivity index (χ1) is 12.5. The molecule has 5 nitrogen and oxygen atoms in total. The van der Waals surface area contributed by atoms with Crippen LogP contribution in [0.25, 0.3) is 10.9 Å². The predicted octanol–water partition coefficient (Wildman–Crippen LogP) is 2.63. The maximum absolute atomic E-state index is 12.7. The molecule has 2 N–H and O–H groups in total. The van der Waals surface area contributed by atoms with Crippen LogP contribution < -0.4 is 5.32 Å². The van der Waals surface area contributed by atoms with Gasteiger partial charge in [-0.25, -0.2) is 0 Å². The minimum absolute atomic E-state index is 0.115. The van der Waals surface area contributed by atoms with E-state index in [4.69, 9.17) is 4.74 Å². The Bertz CT molecular complexity index is 798. The van der Waals surface area contributed by atoms with E-state index >= 15 is 0 Å². The number of carbonyl (C=O) groups excluding carboxylic acids is 1. The number of aromatic amines is 1. The Balaban J connectivity index is 1.38. The lowest BCUT2D eigenvalue weighted by Crippen LogP contribution is -2.48. The van der Waals surface area contributed by atoms with Gasteiger partial charge in [-0.1, -0.05) is 32.0 Å². The van der Waals surface area contributed by atoms with Crippen LogP contribution in [0.1, 0.15) is 31.5 Å². The zero-order valence-corrected chi connectivity index (χ0v) is 15.9. The van der Waals surface area contributed by atoms with Crippen molar-refractivity contribution in [2.45, 2.75) is 51.8 Å². The number of nitrogens with zero attached hydrogens (tertiary/aromatic N) is 1. The van der Waals surface area contributed by atoms with Crippen molar-refractivity contribution in [2.75, 3.05) is 19.7 Å². The monoisotopic (exact) mass is 355 g/mol. The van der Waals surface area contributed by atoms with Gasteiger partial charge in [0.25, 0.3) is 0 Å². The van der Waals surface area contributed by atoms with E-state index in [0.717, 1.165) is 48.3 Å². The summed E-state index contributed by atoms with van der Waals surface area (Å²) < 4.78 is 6.00. The van der Waals surface area contributed by atoms with Gasteiger partial charge in [0.05, 0.1) is 19.1 Å². The average Bonchev–Trinajstić information content (AvgIpc) is 3.14. The number of amides is 1. The van der Waals surface area contributed by atoms with Crippen molar-refractivity contribution in [3.63, 3.8) is 0 Å². The second kappa shape index (κ2) is 7.05. The van der Waals surface area contributed by atoms with E-state index in [9.17, 15) is 4.79 Å². The normalized spacial score (nSPS) is 26.4. The third kappa shape index (κ3) is 3.38. The maximum Gasteiger partial charge on any atom is 0.224 e. The van der Waals surface area contributed by atoms with Crippen LogP contribution >= 0.6 is 0 Å². The number of H-pyrrole nitrogens is 1. The molecule has 0 saturated carbocycles. The van der Waals surface area contributed by atoms with Crippen LogP contribution in [0.2, 0.25) is 0 Å². The van der Waals surface area contributed by atoms with Gasteiger partial charge in [0, 0.05) is 41.8 Å². The Labute approximate surface area is 155 Å². The first-order valence-corrected chi connectivity index (χ1v) is 9.72. The Morgan fingerprint density at radius 1 is 1.35 bits per heavy atom. The van der Waals surface area contributed by atoms with Crippen LogP contribution in [0.4, 0.5) is 0 Å². The summed E-state index contributed by atoms with van der Waals surface area (Å²) in [4.78, 5) is 18.5. The lowest BCUT2D eigenvalue weighted by molar-refractivity contribution is -0.121. The molecule has 0 unspecified atom stereocenters. The van der Waals surface area contributed by atoms with Crippen LogP contribution in [-0.2, 0) is 16.0 Å². The third-order valence-corrected chi connectivity index (χ3v) is 5.92. The van der Waals surface area contributed by atoms with Crippen LogP contribution in [0.15, 0.2) is 24.3 Å². The zero-order chi connectivity index (χ0) is 18.3. The summed E-state index contributed by atoms with van der Waals surface area (Å²) in [6.07, 6.45) is 1.74. The number of ether oxygens (including phenoxy) is 1. The van der Waals surface area contributed by atoms with Crippen molar-refractivity contribution in [2.24, 2.45) is 5.92 Å². The molecule has 1 aromatic heterocycles. The number of morpholine rings is 1. The van der Waals surface area contributed by atoms with Crippen LogP contribution in [0, 0.1) is 12.8 Å². The number of hydrogen-bond donors (Lipinski definition) is 2. The number of para-hydroxylation sites is 1. The molecule has 4 rings (SSSR count). The number of aryl methyl sites for hydroxylation is 1. The van der Waals surface area contributed by atoms with Gasteiger partial charge >= 0.3 is 0 Å². The third-order valence-electron chi connectivity index (χ3n) is 5.92. The molecule has 0 aliphatic carbocycles. The number of benzene rings is 1. The molecule has 2 saturated heterocycles. The molecule has 1 amide bonds. The summed E-state index contributed by atoms with van der Waals surface area (Å²) >= 11 is 0. The van der Waals surface area contributed by atoms with E-state index < -0.39 is 0 Å². The fraction of sp³-hybridized carbons (Fsp3) is 0.571. The van der Waals surface area contributed by atoms with Crippen molar-refractivity contribution in [1.82, 2.24) is 15.2 Å². The SMILES string of the molecule is Cc1[nH]c2ccccc2c1CC(=O)N[C@H]1C[C@H]2CO[C@@H](C(C)C)CN2C1. The highest BCUT2D eigenvalue weighted by molar-refractivity contribution is 5.90. The van der Waals surface area contributed by atoms with Gasteiger partial charge in [0.1, 0.15) is 0 Å². The molecule has 3 atom stereocenters. The van der Waals surface area contributed by atoms with Crippen molar-refractivity contribution in [3.05, 3.63) is 35.5 Å². The fourth-order valence-electron chi connectivity index (χ4n) is 4.41. The van der Waals surface area contributed by atoms with Crippen molar-refractivity contribution in [3.8, 4) is 0 Å². The smallest absolute Gasteiger partial charge is 0.224 e. The highest BCUT2D eigenvalue weighted by atomic mass is 16.5. The van der Waals surface area contributed by atoms with Gasteiger partial charge in [-0.15, -0.1) is 0 Å². The van der Waals surface area contributed by atoms with Gasteiger partial charge in [0.2, 0.25) is 5.91 Å². The standard InChI is InChI=1S/C21H29N3O2/c1-13(2)20-11-24-10-15(8-16(24)12-26-20)23-21(25)9-18-14(3)22-19-7-5-4-6-17(18)19/h4-7,13,15-16,20,22H,8-12H2,1-3H3,(H,23,25)/t15-,16-,20+/m0/s1. The summed E-state index contributed by atoms with van der Waals surface area (Å²) in [5, 5.41) is 4.41. The minimum atomic E-state index is 0.115. The number of carbonyl (C=O) groups is 1. The molecule has 0 spiro atoms. The molecule has 1 aromatic carbocycles. The number of hydrogen-bond acceptors (Lipinski definition) is 3. The largest absolute Gasteiger partial charge is 0.375 e. The molecule has 2 aliphatic rings. The Morgan fingerprint density at radius 3 is 2.96 bits per heavy atom. The second-order valence-corrected chi connectivity index (χ2v) is 8.17. The quantitative estimate of drug-likeness (QED) is 0.886. The Morgan fingerprint density at radius 2 is 2.15 bits per heavy atom. The highest BCUT2D eigenvalue weighted by Crippen LogP contribution is 2.26. The molecule has 2 aromatic rings. The van der Waals surface area contributed by atoms with E-state index in [-0.39, 0.29) is 11.9 Å². The molecule has 3 heterocycles. The van der Waals surface area contributed by atoms with Gasteiger partial charge in [-0.05, 0) is 30.9 Å². The highest BCUT2D eigenvalue weighted by Gasteiger charge is 2.38. The molecule has 2 aliphatic heterocycles. The second-order valence-electron chi connectivity index (χ2n) is 8.17. The zero-order valence-electron chi connectivity index (χ0n) is 15.9. The summed E-state index contributed by atoms with van der Waals surface area (Å²) in [5.74, 6) is 0.651. The summed E-state index contributed by atoms with van der Waals surface area (Å²) in [6, 6.07) is 8.86. The summed E-state index contributed by atoms with van der Waals surface area (Å²) in [7, 11) is 0. The van der Waals surface area contributed by atoms with E-state index in [0.29, 0.717) is 24.5 Å². The molecule has 26 heavy (non-hydrogen) atoms. The van der Waals surface area contributed by atoms with E-state index in [1.54, 1.807) is 0 Å². The van der Waals surface area contributed by atoms with Crippen molar-refractivity contribution in [1.29, 1.82) is 0 Å². The summed E-state index contributed by atoms with van der Waals surface area (Å²) in [5.41, 5.74) is 3.29. The molecular weight excluding hydrogens is 326 g/mol. The van der Waals surface area contributed by atoms with E-state index in [1.807, 2.05) is 19.1 Å². The topological polar surface area (TPSA) is 57.4 Å². The van der Waals surface area contributed by atoms with Crippen LogP contribution in [-0.4, -0.2) is 53.7 Å². The van der Waals surface area contributed by atoms with Crippen molar-refractivity contribution < 1.29 is 9.53 Å². The van der Waals surface area contributed by atoms with Crippen molar-refractivity contribution >= 4 is 16.8 Å². The van der Waals surface area contributed by atoms with E-state index in [2.05, 4.69) is 41.2 Å². The molecule has 2 fully saturated rings. The van der Waals surface area contributed by atoms with Crippen LogP contribution in [0.5, 0.6) is 0 Å². The molecule has 5 heteroatoms. The maximum atomic E-state index is 12.7. The van der Waals surface area contributed by atoms with Gasteiger partial charge in [0.15, 0.2) is 0 Å². The number of nitrogens with one attached hydrogen (secondary N) is 2. The lowest BCUT2D eigenvalue weighted by atomic mass is 10.0. The Hall–Kier alpha value is -1.85. The average molecular weight is 355 g/mol. The number of rotatable bonds is 4. The fourth-order valence-corrected chi connectivity index (χ4v) is 4.41. The molecule has 0 radical (unpaired) electrons. The van der Waals surface area contributed by atoms with Crippen LogP contribution in [0.3, 0.4) is 0 Å². The minimum Gasteiger partial charge on any atom is -0.375 e. The van der Waals surface area contributed by atoms with E-state index in [1.165, 1.54) is 0 Å². The first-order valence-electron chi connectivity index (χ1n) is 9.72. The Kier molecular flexibility index (Phi) is 4.76. The first kappa shape index (κ1) is 17.6. The molecule has 0 bridgehead atoms. The summed E-state index contributed by atoms with van der Waals surface area (Å²) in [6.45, 7) is 9.18. The molecular formula is C21H29N3O2. The number of aromatic nitrogens is 1. The molecule has 140 valence electrons. The van der Waals surface area contributed by atoms with Gasteiger partial charge in [-0.3, -0.25) is 9.69 Å². The van der Waals surface area contributed by atoms with Gasteiger partial charge < -0.3 is 15.0 Å². The predicted molar refractivity (Wildman–Crippen MR) is 103 cm³/mol. The van der Waals surface area contributed by atoms with Gasteiger partial charge in [-0.2, -0.15) is 0 Å². The lowest BCUT2D eigenvalue weighted by Gasteiger charge is -2.36.